The van der Waals surface area contributed by atoms with Gasteiger partial charge in [-0.3, -0.25) is 0 Å². The van der Waals surface area contributed by atoms with Crippen LogP contribution in [0, 0.1) is 0 Å². The Hall–Kier alpha value is -2.14. The van der Waals surface area contributed by atoms with Crippen molar-refractivity contribution in [2.45, 2.75) is 32.6 Å². The Morgan fingerprint density at radius 2 is 2.16 bits per heavy atom. The SMILES string of the molecule is CCc1cc2c(NCCCN3CCCc4ccccc43)ncnc2s1. The first-order valence-corrected chi connectivity index (χ1v) is 9.97. The number of para-hydroxylation sites is 1. The Kier molecular flexibility index (Phi) is 4.83. The van der Waals surface area contributed by atoms with Crippen LogP contribution in [-0.2, 0) is 12.8 Å². The zero-order valence-electron chi connectivity index (χ0n) is 14.7. The Morgan fingerprint density at radius 1 is 1.24 bits per heavy atom. The molecule has 1 N–H and O–H groups in total. The summed E-state index contributed by atoms with van der Waals surface area (Å²) in [6, 6.07) is 11.0. The highest BCUT2D eigenvalue weighted by Crippen LogP contribution is 2.29. The number of anilines is 2. The van der Waals surface area contributed by atoms with Crippen LogP contribution in [0.25, 0.3) is 10.2 Å². The first-order valence-electron chi connectivity index (χ1n) is 9.15. The summed E-state index contributed by atoms with van der Waals surface area (Å²) in [4.78, 5) is 13.8. The molecule has 0 fully saturated rings. The number of thiophene rings is 1. The van der Waals surface area contributed by atoms with E-state index in [9.17, 15) is 0 Å². The highest BCUT2D eigenvalue weighted by molar-refractivity contribution is 7.18. The number of benzene rings is 1. The van der Waals surface area contributed by atoms with Crippen molar-refractivity contribution in [1.29, 1.82) is 0 Å². The molecule has 5 heteroatoms. The maximum Gasteiger partial charge on any atom is 0.138 e. The van der Waals surface area contributed by atoms with E-state index in [0.29, 0.717) is 0 Å². The minimum Gasteiger partial charge on any atom is -0.371 e. The smallest absolute Gasteiger partial charge is 0.138 e. The lowest BCUT2D eigenvalue weighted by Crippen LogP contribution is -2.31. The molecule has 0 saturated heterocycles. The molecule has 3 aromatic rings. The summed E-state index contributed by atoms with van der Waals surface area (Å²) in [6.07, 6.45) is 6.29. The lowest BCUT2D eigenvalue weighted by Gasteiger charge is -2.31. The first-order chi connectivity index (χ1) is 12.3. The number of fused-ring (bicyclic) bond motifs is 2. The molecule has 0 atom stereocenters. The van der Waals surface area contributed by atoms with Crippen LogP contribution in [-0.4, -0.2) is 29.6 Å². The summed E-state index contributed by atoms with van der Waals surface area (Å²) in [5.74, 6) is 0.972. The highest BCUT2D eigenvalue weighted by atomic mass is 32.1. The Labute approximate surface area is 152 Å². The average molecular weight is 353 g/mol. The summed E-state index contributed by atoms with van der Waals surface area (Å²) in [5.41, 5.74) is 2.91. The van der Waals surface area contributed by atoms with E-state index in [1.165, 1.54) is 35.5 Å². The maximum absolute atomic E-state index is 4.45. The summed E-state index contributed by atoms with van der Waals surface area (Å²) < 4.78 is 0. The van der Waals surface area contributed by atoms with Gasteiger partial charge in [0.15, 0.2) is 0 Å². The van der Waals surface area contributed by atoms with E-state index in [1.807, 2.05) is 0 Å². The molecule has 1 aliphatic heterocycles. The molecule has 0 spiro atoms. The molecule has 1 aliphatic rings. The van der Waals surface area contributed by atoms with Gasteiger partial charge < -0.3 is 10.2 Å². The summed E-state index contributed by atoms with van der Waals surface area (Å²) >= 11 is 1.77. The lowest BCUT2D eigenvalue weighted by atomic mass is 10.0. The van der Waals surface area contributed by atoms with Gasteiger partial charge in [0.1, 0.15) is 17.0 Å². The largest absolute Gasteiger partial charge is 0.371 e. The first kappa shape index (κ1) is 16.3. The molecule has 4 rings (SSSR count). The Balaban J connectivity index is 1.37. The van der Waals surface area contributed by atoms with E-state index in [-0.39, 0.29) is 0 Å². The number of nitrogens with one attached hydrogen (secondary N) is 1. The summed E-state index contributed by atoms with van der Waals surface area (Å²) in [5, 5.41) is 4.68. The van der Waals surface area contributed by atoms with Crippen molar-refractivity contribution in [3.63, 3.8) is 0 Å². The lowest BCUT2D eigenvalue weighted by molar-refractivity contribution is 0.673. The second-order valence-corrected chi connectivity index (χ2v) is 7.62. The second-order valence-electron chi connectivity index (χ2n) is 6.51. The van der Waals surface area contributed by atoms with Gasteiger partial charge in [-0.2, -0.15) is 0 Å². The monoisotopic (exact) mass is 352 g/mol. The minimum atomic E-state index is 0.933. The van der Waals surface area contributed by atoms with Gasteiger partial charge in [-0.05, 0) is 43.4 Å². The molecule has 3 heterocycles. The quantitative estimate of drug-likeness (QED) is 0.663. The van der Waals surface area contributed by atoms with Gasteiger partial charge in [0.05, 0.1) is 5.39 Å². The van der Waals surface area contributed by atoms with E-state index in [4.69, 9.17) is 0 Å². The Bertz CT molecular complexity index is 858. The summed E-state index contributed by atoms with van der Waals surface area (Å²) in [6.45, 7) is 5.37. The van der Waals surface area contributed by atoms with Gasteiger partial charge in [-0.15, -0.1) is 11.3 Å². The second kappa shape index (κ2) is 7.40. The summed E-state index contributed by atoms with van der Waals surface area (Å²) in [7, 11) is 0. The molecular weight excluding hydrogens is 328 g/mol. The molecule has 0 unspecified atom stereocenters. The zero-order valence-corrected chi connectivity index (χ0v) is 15.5. The maximum atomic E-state index is 4.45. The molecule has 2 aromatic heterocycles. The van der Waals surface area contributed by atoms with E-state index >= 15 is 0 Å². The third-order valence-corrected chi connectivity index (χ3v) is 6.02. The Morgan fingerprint density at radius 3 is 3.08 bits per heavy atom. The molecule has 1 aromatic carbocycles. The van der Waals surface area contributed by atoms with Crippen LogP contribution in [0.1, 0.15) is 30.2 Å². The van der Waals surface area contributed by atoms with Crippen molar-refractivity contribution in [3.05, 3.63) is 47.1 Å². The predicted molar refractivity (Wildman–Crippen MR) is 107 cm³/mol. The van der Waals surface area contributed by atoms with Crippen LogP contribution in [0.5, 0.6) is 0 Å². The zero-order chi connectivity index (χ0) is 17.1. The molecule has 0 amide bonds. The van der Waals surface area contributed by atoms with Gasteiger partial charge in [-0.25, -0.2) is 9.97 Å². The number of hydrogen-bond donors (Lipinski definition) is 1. The molecular formula is C20H24N4S. The minimum absolute atomic E-state index is 0.933. The van der Waals surface area contributed by atoms with Crippen molar-refractivity contribution in [3.8, 4) is 0 Å². The van der Waals surface area contributed by atoms with Gasteiger partial charge in [0.25, 0.3) is 0 Å². The van der Waals surface area contributed by atoms with Crippen LogP contribution in [0.4, 0.5) is 11.5 Å². The third-order valence-electron chi connectivity index (χ3n) is 4.83. The standard InChI is InChI=1S/C20H24N4S/c1-2-16-13-17-19(22-14-23-20(17)25-16)21-10-6-12-24-11-5-8-15-7-3-4-9-18(15)24/h3-4,7,9,13-14H,2,5-6,8,10-12H2,1H3,(H,21,22,23). The van der Waals surface area contributed by atoms with Crippen molar-refractivity contribution in [1.82, 2.24) is 9.97 Å². The fourth-order valence-corrected chi connectivity index (χ4v) is 4.48. The number of aromatic nitrogens is 2. The van der Waals surface area contributed by atoms with Crippen molar-refractivity contribution in [2.24, 2.45) is 0 Å². The van der Waals surface area contributed by atoms with Crippen LogP contribution >= 0.6 is 11.3 Å². The number of nitrogens with zero attached hydrogens (tertiary/aromatic N) is 3. The number of rotatable bonds is 6. The third kappa shape index (κ3) is 3.47. The van der Waals surface area contributed by atoms with Crippen molar-refractivity contribution >= 4 is 33.1 Å². The molecule has 0 bridgehead atoms. The molecule has 0 aliphatic carbocycles. The molecule has 130 valence electrons. The average Bonchev–Trinajstić information content (AvgIpc) is 3.09. The number of aryl methyl sites for hydroxylation is 2. The van der Waals surface area contributed by atoms with Crippen LogP contribution < -0.4 is 10.2 Å². The van der Waals surface area contributed by atoms with Gasteiger partial charge in [0, 0.05) is 30.2 Å². The van der Waals surface area contributed by atoms with Crippen LogP contribution in [0.2, 0.25) is 0 Å². The van der Waals surface area contributed by atoms with Crippen LogP contribution in [0.3, 0.4) is 0 Å². The van der Waals surface area contributed by atoms with Crippen molar-refractivity contribution in [2.75, 3.05) is 29.9 Å². The predicted octanol–water partition coefficient (Wildman–Crippen LogP) is 4.51. The van der Waals surface area contributed by atoms with E-state index in [1.54, 1.807) is 17.7 Å². The number of hydrogen-bond acceptors (Lipinski definition) is 5. The van der Waals surface area contributed by atoms with Gasteiger partial charge in [-0.1, -0.05) is 25.1 Å². The topological polar surface area (TPSA) is 41.0 Å². The van der Waals surface area contributed by atoms with Gasteiger partial charge >= 0.3 is 0 Å². The fourth-order valence-electron chi connectivity index (χ4n) is 3.54. The molecule has 0 saturated carbocycles. The highest BCUT2D eigenvalue weighted by Gasteiger charge is 2.15. The molecule has 0 radical (unpaired) electrons. The van der Waals surface area contributed by atoms with Crippen molar-refractivity contribution < 1.29 is 0 Å². The molecule has 4 nitrogen and oxygen atoms in total. The van der Waals surface area contributed by atoms with Gasteiger partial charge in [0.2, 0.25) is 0 Å². The van der Waals surface area contributed by atoms with Crippen LogP contribution in [0.15, 0.2) is 36.7 Å². The van der Waals surface area contributed by atoms with E-state index in [2.05, 4.69) is 57.4 Å². The fraction of sp³-hybridized carbons (Fsp3) is 0.400. The van der Waals surface area contributed by atoms with E-state index < -0.39 is 0 Å². The normalized spacial score (nSPS) is 13.9. The van der Waals surface area contributed by atoms with E-state index in [0.717, 1.165) is 42.0 Å². The molecule has 25 heavy (non-hydrogen) atoms.